The lowest BCUT2D eigenvalue weighted by Crippen LogP contribution is -2.28. The van der Waals surface area contributed by atoms with E-state index in [1.807, 2.05) is 30.3 Å². The summed E-state index contributed by atoms with van der Waals surface area (Å²) in [4.78, 5) is 23.7. The third-order valence-electron chi connectivity index (χ3n) is 4.02. The monoisotopic (exact) mass is 398 g/mol. The maximum Gasteiger partial charge on any atom is 0.308 e. The van der Waals surface area contributed by atoms with Crippen molar-refractivity contribution in [3.05, 3.63) is 77.0 Å². The van der Waals surface area contributed by atoms with Crippen LogP contribution >= 0.6 is 11.6 Å². The van der Waals surface area contributed by atoms with Crippen LogP contribution in [0.2, 0.25) is 5.02 Å². The predicted octanol–water partition coefficient (Wildman–Crippen LogP) is 4.31. The SMILES string of the molecule is CC(=O)NC(CC(=O)OCc1cc(-c2ccccc2)no1)c1ccc(Cl)cc1. The van der Waals surface area contributed by atoms with E-state index in [-0.39, 0.29) is 18.9 Å². The minimum Gasteiger partial charge on any atom is -0.457 e. The highest BCUT2D eigenvalue weighted by Gasteiger charge is 2.19. The van der Waals surface area contributed by atoms with Crippen LogP contribution in [0.4, 0.5) is 0 Å². The van der Waals surface area contributed by atoms with E-state index in [9.17, 15) is 9.59 Å². The minimum absolute atomic E-state index is 0.0130. The lowest BCUT2D eigenvalue weighted by atomic mass is 10.0. The van der Waals surface area contributed by atoms with E-state index in [1.165, 1.54) is 6.92 Å². The zero-order valence-corrected chi connectivity index (χ0v) is 16.0. The van der Waals surface area contributed by atoms with E-state index in [1.54, 1.807) is 30.3 Å². The van der Waals surface area contributed by atoms with Gasteiger partial charge in [0.2, 0.25) is 5.91 Å². The standard InChI is InChI=1S/C21H19ClN2O4/c1-14(25)23-19(16-7-9-17(22)10-8-16)12-21(26)27-13-18-11-20(24-28-18)15-5-3-2-4-6-15/h2-11,19H,12-13H2,1H3,(H,23,25). The topological polar surface area (TPSA) is 81.4 Å². The first kappa shape index (κ1) is 19.6. The van der Waals surface area contributed by atoms with Gasteiger partial charge in [0.25, 0.3) is 0 Å². The summed E-state index contributed by atoms with van der Waals surface area (Å²) in [6.07, 6.45) is -0.0130. The molecule has 144 valence electrons. The number of hydrogen-bond acceptors (Lipinski definition) is 5. The van der Waals surface area contributed by atoms with Crippen LogP contribution in [-0.4, -0.2) is 17.0 Å². The first-order chi connectivity index (χ1) is 13.5. The quantitative estimate of drug-likeness (QED) is 0.600. The molecule has 3 rings (SSSR count). The Labute approximate surface area is 167 Å². The molecule has 0 fully saturated rings. The van der Waals surface area contributed by atoms with Gasteiger partial charge in [0.1, 0.15) is 5.69 Å². The number of nitrogens with zero attached hydrogens (tertiary/aromatic N) is 1. The average molecular weight is 399 g/mol. The molecule has 0 spiro atoms. The van der Waals surface area contributed by atoms with Crippen LogP contribution in [0, 0.1) is 0 Å². The molecule has 0 aliphatic carbocycles. The molecule has 3 aromatic rings. The highest BCUT2D eigenvalue weighted by molar-refractivity contribution is 6.30. The second kappa shape index (κ2) is 9.19. The van der Waals surface area contributed by atoms with Gasteiger partial charge in [-0.2, -0.15) is 0 Å². The minimum atomic E-state index is -0.503. The van der Waals surface area contributed by atoms with Crippen molar-refractivity contribution in [3.8, 4) is 11.3 Å². The van der Waals surface area contributed by atoms with Crippen LogP contribution in [0.3, 0.4) is 0 Å². The van der Waals surface area contributed by atoms with E-state index >= 15 is 0 Å². The van der Waals surface area contributed by atoms with E-state index in [0.29, 0.717) is 16.5 Å². The number of hydrogen-bond donors (Lipinski definition) is 1. The fourth-order valence-corrected chi connectivity index (χ4v) is 2.82. The zero-order chi connectivity index (χ0) is 19.9. The molecule has 1 N–H and O–H groups in total. The smallest absolute Gasteiger partial charge is 0.308 e. The molecular weight excluding hydrogens is 380 g/mol. The molecule has 1 unspecified atom stereocenters. The Morgan fingerprint density at radius 1 is 1.14 bits per heavy atom. The molecule has 6 nitrogen and oxygen atoms in total. The molecular formula is C21H19ClN2O4. The summed E-state index contributed by atoms with van der Waals surface area (Å²) in [5.74, 6) is -0.267. The molecule has 0 aliphatic rings. The number of carbonyl (C=O) groups is 2. The molecule has 0 radical (unpaired) electrons. The maximum absolute atomic E-state index is 12.3. The molecule has 1 atom stereocenters. The summed E-state index contributed by atoms with van der Waals surface area (Å²) in [5.41, 5.74) is 2.35. The molecule has 0 saturated heterocycles. The van der Waals surface area contributed by atoms with Crippen LogP contribution in [0.25, 0.3) is 11.3 Å². The first-order valence-corrected chi connectivity index (χ1v) is 9.08. The van der Waals surface area contributed by atoms with E-state index < -0.39 is 12.0 Å². The number of amides is 1. The largest absolute Gasteiger partial charge is 0.457 e. The van der Waals surface area contributed by atoms with Crippen molar-refractivity contribution < 1.29 is 18.8 Å². The molecule has 0 aliphatic heterocycles. The van der Waals surface area contributed by atoms with E-state index in [2.05, 4.69) is 10.5 Å². The lowest BCUT2D eigenvalue weighted by Gasteiger charge is -2.17. The van der Waals surface area contributed by atoms with Gasteiger partial charge < -0.3 is 14.6 Å². The highest BCUT2D eigenvalue weighted by atomic mass is 35.5. The number of nitrogens with one attached hydrogen (secondary N) is 1. The maximum atomic E-state index is 12.3. The Morgan fingerprint density at radius 2 is 1.86 bits per heavy atom. The third-order valence-corrected chi connectivity index (χ3v) is 4.28. The van der Waals surface area contributed by atoms with Crippen molar-refractivity contribution in [3.63, 3.8) is 0 Å². The molecule has 1 amide bonds. The number of ether oxygens (including phenoxy) is 1. The molecule has 0 saturated carbocycles. The molecule has 1 heterocycles. The average Bonchev–Trinajstić information content (AvgIpc) is 3.16. The number of carbonyl (C=O) groups excluding carboxylic acids is 2. The van der Waals surface area contributed by atoms with E-state index in [0.717, 1.165) is 11.1 Å². The van der Waals surface area contributed by atoms with Crippen LogP contribution in [0.5, 0.6) is 0 Å². The van der Waals surface area contributed by atoms with Crippen LogP contribution in [0.1, 0.15) is 30.7 Å². The van der Waals surface area contributed by atoms with Crippen molar-refractivity contribution in [2.24, 2.45) is 0 Å². The number of rotatable bonds is 7. The number of aromatic nitrogens is 1. The first-order valence-electron chi connectivity index (χ1n) is 8.70. The third kappa shape index (κ3) is 5.44. The number of benzene rings is 2. The molecule has 0 bridgehead atoms. The summed E-state index contributed by atoms with van der Waals surface area (Å²) in [7, 11) is 0. The van der Waals surface area contributed by atoms with Crippen LogP contribution in [-0.2, 0) is 20.9 Å². The van der Waals surface area contributed by atoms with Crippen molar-refractivity contribution in [1.29, 1.82) is 0 Å². The Balaban J connectivity index is 1.59. The zero-order valence-electron chi connectivity index (χ0n) is 15.2. The van der Waals surface area contributed by atoms with Gasteiger partial charge in [-0.15, -0.1) is 0 Å². The number of halogens is 1. The summed E-state index contributed by atoms with van der Waals surface area (Å²) in [6.45, 7) is 1.36. The van der Waals surface area contributed by atoms with Gasteiger partial charge in [0, 0.05) is 23.6 Å². The van der Waals surface area contributed by atoms with Gasteiger partial charge >= 0.3 is 5.97 Å². The second-order valence-corrected chi connectivity index (χ2v) is 6.65. The molecule has 28 heavy (non-hydrogen) atoms. The van der Waals surface area contributed by atoms with Gasteiger partial charge in [-0.1, -0.05) is 59.2 Å². The highest BCUT2D eigenvalue weighted by Crippen LogP contribution is 2.22. The Bertz CT molecular complexity index is 939. The van der Waals surface area contributed by atoms with E-state index in [4.69, 9.17) is 20.9 Å². The second-order valence-electron chi connectivity index (χ2n) is 6.21. The Kier molecular flexibility index (Phi) is 6.45. The summed E-state index contributed by atoms with van der Waals surface area (Å²) >= 11 is 5.90. The van der Waals surface area contributed by atoms with Crippen LogP contribution < -0.4 is 5.32 Å². The van der Waals surface area contributed by atoms with Crippen molar-refractivity contribution in [2.45, 2.75) is 26.0 Å². The van der Waals surface area contributed by atoms with Crippen LogP contribution in [0.15, 0.2) is 65.2 Å². The lowest BCUT2D eigenvalue weighted by molar-refractivity contribution is -0.146. The van der Waals surface area contributed by atoms with Crippen molar-refractivity contribution in [2.75, 3.05) is 0 Å². The fourth-order valence-electron chi connectivity index (χ4n) is 2.70. The fraction of sp³-hybridized carbons (Fsp3) is 0.190. The Hall–Kier alpha value is -3.12. The number of esters is 1. The van der Waals surface area contributed by atoms with Gasteiger partial charge in [-0.05, 0) is 17.7 Å². The van der Waals surface area contributed by atoms with Crippen molar-refractivity contribution >= 4 is 23.5 Å². The van der Waals surface area contributed by atoms with Gasteiger partial charge in [0.05, 0.1) is 12.5 Å². The van der Waals surface area contributed by atoms with Gasteiger partial charge in [0.15, 0.2) is 12.4 Å². The molecule has 7 heteroatoms. The molecule has 2 aromatic carbocycles. The van der Waals surface area contributed by atoms with Gasteiger partial charge in [-0.3, -0.25) is 9.59 Å². The summed E-state index contributed by atoms with van der Waals surface area (Å²) in [6, 6.07) is 17.7. The van der Waals surface area contributed by atoms with Gasteiger partial charge in [-0.25, -0.2) is 0 Å². The Morgan fingerprint density at radius 3 is 2.54 bits per heavy atom. The molecule has 1 aromatic heterocycles. The van der Waals surface area contributed by atoms with Crippen molar-refractivity contribution in [1.82, 2.24) is 10.5 Å². The normalized spacial score (nSPS) is 11.6. The predicted molar refractivity (Wildman–Crippen MR) is 104 cm³/mol. The summed E-state index contributed by atoms with van der Waals surface area (Å²) < 4.78 is 10.5. The summed E-state index contributed by atoms with van der Waals surface area (Å²) in [5, 5.41) is 7.31.